The quantitative estimate of drug-likeness (QED) is 0.933. The van der Waals surface area contributed by atoms with E-state index in [1.165, 1.54) is 0 Å². The molecule has 1 aliphatic rings. The number of hydrogen-bond donors (Lipinski definition) is 1. The van der Waals surface area contributed by atoms with Crippen LogP contribution in [-0.4, -0.2) is 29.5 Å². The van der Waals surface area contributed by atoms with Gasteiger partial charge >= 0.3 is 0 Å². The molecule has 0 amide bonds. The van der Waals surface area contributed by atoms with Gasteiger partial charge in [0.1, 0.15) is 0 Å². The van der Waals surface area contributed by atoms with Crippen LogP contribution < -0.4 is 5.73 Å². The van der Waals surface area contributed by atoms with Crippen LogP contribution in [0.15, 0.2) is 28.1 Å². The monoisotopic (exact) mass is 277 g/mol. The lowest BCUT2D eigenvalue weighted by atomic mass is 9.90. The molecule has 3 heterocycles. The second-order valence-electron chi connectivity index (χ2n) is 5.57. The average molecular weight is 277 g/mol. The molecule has 1 fully saturated rings. The van der Waals surface area contributed by atoms with Gasteiger partial charge in [-0.3, -0.25) is 4.90 Å². The van der Waals surface area contributed by atoms with Gasteiger partial charge in [-0.05, 0) is 36.4 Å². The van der Waals surface area contributed by atoms with Crippen molar-refractivity contribution in [3.05, 3.63) is 29.6 Å². The van der Waals surface area contributed by atoms with Crippen LogP contribution in [0, 0.1) is 5.41 Å². The van der Waals surface area contributed by atoms with Crippen molar-refractivity contribution in [1.82, 2.24) is 9.88 Å². The van der Waals surface area contributed by atoms with Crippen molar-refractivity contribution in [2.45, 2.75) is 19.9 Å². The Morgan fingerprint density at radius 3 is 3.16 bits per heavy atom. The van der Waals surface area contributed by atoms with Crippen LogP contribution in [0.1, 0.15) is 19.2 Å². The number of rotatable bonds is 4. The third kappa shape index (κ3) is 2.73. The number of thiophene rings is 1. The van der Waals surface area contributed by atoms with E-state index in [0.29, 0.717) is 0 Å². The molecule has 4 nitrogen and oxygen atoms in total. The maximum atomic E-state index is 5.83. The summed E-state index contributed by atoms with van der Waals surface area (Å²) in [4.78, 5) is 7.88. The lowest BCUT2D eigenvalue weighted by Crippen LogP contribution is -2.31. The van der Waals surface area contributed by atoms with Gasteiger partial charge in [0.15, 0.2) is 5.76 Å². The van der Waals surface area contributed by atoms with Crippen molar-refractivity contribution < 1.29 is 4.42 Å². The highest BCUT2D eigenvalue weighted by Gasteiger charge is 2.32. The van der Waals surface area contributed by atoms with Crippen LogP contribution in [0.4, 0.5) is 0 Å². The van der Waals surface area contributed by atoms with E-state index in [9.17, 15) is 0 Å². The second kappa shape index (κ2) is 5.07. The van der Waals surface area contributed by atoms with Crippen molar-refractivity contribution in [2.24, 2.45) is 11.1 Å². The minimum Gasteiger partial charge on any atom is -0.438 e. The summed E-state index contributed by atoms with van der Waals surface area (Å²) in [5.41, 5.74) is 6.08. The zero-order valence-electron chi connectivity index (χ0n) is 11.1. The number of likely N-dealkylation sites (tertiary alicyclic amines) is 1. The summed E-state index contributed by atoms with van der Waals surface area (Å²) in [6.45, 7) is 5.88. The van der Waals surface area contributed by atoms with Crippen molar-refractivity contribution >= 4 is 11.3 Å². The predicted molar refractivity (Wildman–Crippen MR) is 76.9 cm³/mol. The fraction of sp³-hybridized carbons (Fsp3) is 0.500. The summed E-state index contributed by atoms with van der Waals surface area (Å²) in [5, 5.41) is 2.05. The summed E-state index contributed by atoms with van der Waals surface area (Å²) >= 11 is 1.67. The van der Waals surface area contributed by atoms with E-state index >= 15 is 0 Å². The molecule has 1 aliphatic heterocycles. The normalized spacial score (nSPS) is 24.1. The third-order valence-corrected chi connectivity index (χ3v) is 4.69. The molecule has 0 bridgehead atoms. The number of oxazole rings is 1. The SMILES string of the molecule is CC1(CN)CCN(Cc2ncc(-c3cccs3)o2)C1. The van der Waals surface area contributed by atoms with E-state index in [4.69, 9.17) is 10.2 Å². The molecule has 1 atom stereocenters. The first-order chi connectivity index (χ1) is 9.18. The Morgan fingerprint density at radius 2 is 2.47 bits per heavy atom. The maximum absolute atomic E-state index is 5.83. The van der Waals surface area contributed by atoms with Crippen molar-refractivity contribution in [1.29, 1.82) is 0 Å². The van der Waals surface area contributed by atoms with Gasteiger partial charge in [-0.25, -0.2) is 4.98 Å². The van der Waals surface area contributed by atoms with Gasteiger partial charge in [0.2, 0.25) is 5.89 Å². The largest absolute Gasteiger partial charge is 0.438 e. The summed E-state index contributed by atoms with van der Waals surface area (Å²) < 4.78 is 5.82. The van der Waals surface area contributed by atoms with Gasteiger partial charge in [0.25, 0.3) is 0 Å². The molecule has 102 valence electrons. The molecule has 5 heteroatoms. The lowest BCUT2D eigenvalue weighted by molar-refractivity contribution is 0.252. The van der Waals surface area contributed by atoms with E-state index in [1.807, 2.05) is 17.6 Å². The van der Waals surface area contributed by atoms with Gasteiger partial charge in [0, 0.05) is 6.54 Å². The molecule has 0 aromatic carbocycles. The zero-order valence-corrected chi connectivity index (χ0v) is 11.9. The number of nitrogens with zero attached hydrogens (tertiary/aromatic N) is 2. The molecule has 0 aliphatic carbocycles. The topological polar surface area (TPSA) is 55.3 Å². The van der Waals surface area contributed by atoms with Crippen molar-refractivity contribution in [3.8, 4) is 10.6 Å². The van der Waals surface area contributed by atoms with Gasteiger partial charge in [-0.2, -0.15) is 0 Å². The maximum Gasteiger partial charge on any atom is 0.209 e. The first-order valence-corrected chi connectivity index (χ1v) is 7.47. The van der Waals surface area contributed by atoms with Gasteiger partial charge < -0.3 is 10.2 Å². The van der Waals surface area contributed by atoms with E-state index in [1.54, 1.807) is 11.3 Å². The molecule has 0 radical (unpaired) electrons. The van der Waals surface area contributed by atoms with Crippen LogP contribution >= 0.6 is 11.3 Å². The Balaban J connectivity index is 1.65. The van der Waals surface area contributed by atoms with Crippen LogP contribution in [0.5, 0.6) is 0 Å². The molecule has 2 aromatic heterocycles. The first-order valence-electron chi connectivity index (χ1n) is 6.60. The van der Waals surface area contributed by atoms with Crippen LogP contribution in [0.2, 0.25) is 0 Å². The predicted octanol–water partition coefficient (Wildman–Crippen LogP) is 2.57. The zero-order chi connectivity index (χ0) is 13.3. The van der Waals surface area contributed by atoms with Crippen molar-refractivity contribution in [2.75, 3.05) is 19.6 Å². The van der Waals surface area contributed by atoms with E-state index in [2.05, 4.69) is 22.9 Å². The summed E-state index contributed by atoms with van der Waals surface area (Å²) in [6, 6.07) is 4.08. The lowest BCUT2D eigenvalue weighted by Gasteiger charge is -2.21. The van der Waals surface area contributed by atoms with E-state index < -0.39 is 0 Å². The Kier molecular flexibility index (Phi) is 3.43. The Hall–Kier alpha value is -1.17. The second-order valence-corrected chi connectivity index (χ2v) is 6.52. The number of aromatic nitrogens is 1. The highest BCUT2D eigenvalue weighted by Crippen LogP contribution is 2.30. The smallest absolute Gasteiger partial charge is 0.209 e. The van der Waals surface area contributed by atoms with Crippen LogP contribution in [0.3, 0.4) is 0 Å². The molecule has 0 spiro atoms. The summed E-state index contributed by atoms with van der Waals surface area (Å²) in [6.07, 6.45) is 2.97. The first kappa shape index (κ1) is 12.8. The van der Waals surface area contributed by atoms with Crippen LogP contribution in [-0.2, 0) is 6.54 Å². The minimum absolute atomic E-state index is 0.253. The Morgan fingerprint density at radius 1 is 1.58 bits per heavy atom. The Labute approximate surface area is 117 Å². The minimum atomic E-state index is 0.253. The Bertz CT molecular complexity index is 537. The highest BCUT2D eigenvalue weighted by atomic mass is 32.1. The molecular weight excluding hydrogens is 258 g/mol. The molecule has 1 unspecified atom stereocenters. The van der Waals surface area contributed by atoms with E-state index in [0.717, 1.165) is 49.1 Å². The number of hydrogen-bond acceptors (Lipinski definition) is 5. The molecule has 2 aromatic rings. The van der Waals surface area contributed by atoms with E-state index in [-0.39, 0.29) is 5.41 Å². The van der Waals surface area contributed by atoms with Crippen molar-refractivity contribution in [3.63, 3.8) is 0 Å². The van der Waals surface area contributed by atoms with Gasteiger partial charge in [-0.1, -0.05) is 13.0 Å². The fourth-order valence-corrected chi connectivity index (χ4v) is 3.21. The molecule has 3 rings (SSSR count). The molecule has 1 saturated heterocycles. The van der Waals surface area contributed by atoms with Gasteiger partial charge in [-0.15, -0.1) is 11.3 Å². The molecular formula is C14H19N3OS. The molecule has 19 heavy (non-hydrogen) atoms. The summed E-state index contributed by atoms with van der Waals surface area (Å²) in [7, 11) is 0. The average Bonchev–Trinajstić information content (AvgIpc) is 3.11. The van der Waals surface area contributed by atoms with Crippen LogP contribution in [0.25, 0.3) is 10.6 Å². The standard InChI is InChI=1S/C14H19N3OS/c1-14(9-15)4-5-17(10-14)8-13-16-7-11(18-13)12-3-2-6-19-12/h2-3,6-7H,4-5,8-10,15H2,1H3. The number of nitrogens with two attached hydrogens (primary N) is 1. The third-order valence-electron chi connectivity index (χ3n) is 3.81. The van der Waals surface area contributed by atoms with Gasteiger partial charge in [0.05, 0.1) is 17.6 Å². The highest BCUT2D eigenvalue weighted by molar-refractivity contribution is 7.13. The molecule has 0 saturated carbocycles. The summed E-state index contributed by atoms with van der Waals surface area (Å²) in [5.74, 6) is 1.66. The molecule has 2 N–H and O–H groups in total. The fourth-order valence-electron chi connectivity index (χ4n) is 2.53.